The van der Waals surface area contributed by atoms with Gasteiger partial charge in [-0.15, -0.1) is 0 Å². The molecular weight excluding hydrogens is 412 g/mol. The van der Waals surface area contributed by atoms with E-state index in [0.717, 1.165) is 18.4 Å². The summed E-state index contributed by atoms with van der Waals surface area (Å²) in [6, 6.07) is 22.4. The lowest BCUT2D eigenvalue weighted by Crippen LogP contribution is -2.46. The van der Waals surface area contributed by atoms with E-state index in [-0.39, 0.29) is 0 Å². The van der Waals surface area contributed by atoms with E-state index in [0.29, 0.717) is 0 Å². The number of piperidine rings is 1. The van der Waals surface area contributed by atoms with Gasteiger partial charge in [0.25, 0.3) is 0 Å². The van der Waals surface area contributed by atoms with Crippen LogP contribution in [0.4, 0.5) is 0 Å². The van der Waals surface area contributed by atoms with Crippen LogP contribution in [0.1, 0.15) is 82.3 Å². The van der Waals surface area contributed by atoms with Crippen LogP contribution in [0.5, 0.6) is 0 Å². The molecule has 0 amide bonds. The van der Waals surface area contributed by atoms with Gasteiger partial charge in [-0.25, -0.2) is 0 Å². The Morgan fingerprint density at radius 2 is 1.29 bits per heavy atom. The minimum absolute atomic E-state index is 0.875. The maximum Gasteiger partial charge on any atom is 0.104 e. The molecule has 0 aromatic heterocycles. The Morgan fingerprint density at radius 3 is 1.97 bits per heavy atom. The zero-order chi connectivity index (χ0) is 23.5. The van der Waals surface area contributed by atoms with Gasteiger partial charge < -0.3 is 4.48 Å². The first-order valence-electron chi connectivity index (χ1n) is 14.4. The molecule has 2 aromatic carbocycles. The molecule has 2 fully saturated rings. The molecule has 2 aliphatic rings. The lowest BCUT2D eigenvalue weighted by atomic mass is 9.88. The third-order valence-corrected chi connectivity index (χ3v) is 8.56. The molecule has 0 N–H and O–H groups in total. The average Bonchev–Trinajstić information content (AvgIpc) is 3.21. The van der Waals surface area contributed by atoms with Crippen molar-refractivity contribution in [2.24, 2.45) is 11.8 Å². The highest BCUT2D eigenvalue weighted by atomic mass is 15.4. The van der Waals surface area contributed by atoms with Crippen LogP contribution in [0.3, 0.4) is 0 Å². The second kappa shape index (κ2) is 13.4. The van der Waals surface area contributed by atoms with Crippen LogP contribution in [0.25, 0.3) is 0 Å². The highest BCUT2D eigenvalue weighted by molar-refractivity contribution is 5.15. The van der Waals surface area contributed by atoms with Crippen LogP contribution in [-0.2, 0) is 13.1 Å². The summed E-state index contributed by atoms with van der Waals surface area (Å²) in [5, 5.41) is 0. The second-order valence-corrected chi connectivity index (χ2v) is 11.4. The predicted octanol–water partition coefficient (Wildman–Crippen LogP) is 7.69. The minimum Gasteiger partial charge on any atom is -0.319 e. The molecule has 0 radical (unpaired) electrons. The topological polar surface area (TPSA) is 3.24 Å². The third kappa shape index (κ3) is 7.68. The van der Waals surface area contributed by atoms with Gasteiger partial charge in [-0.1, -0.05) is 113 Å². The van der Waals surface area contributed by atoms with Crippen molar-refractivity contribution in [3.63, 3.8) is 0 Å². The first-order valence-corrected chi connectivity index (χ1v) is 14.4. The fourth-order valence-electron chi connectivity index (χ4n) is 6.78. The molecule has 0 saturated carbocycles. The predicted molar refractivity (Wildman–Crippen MR) is 146 cm³/mol. The Labute approximate surface area is 210 Å². The second-order valence-electron chi connectivity index (χ2n) is 11.4. The van der Waals surface area contributed by atoms with Crippen molar-refractivity contribution in [1.82, 2.24) is 4.90 Å². The van der Waals surface area contributed by atoms with Crippen molar-refractivity contribution < 1.29 is 4.48 Å². The molecule has 186 valence electrons. The van der Waals surface area contributed by atoms with Crippen LogP contribution >= 0.6 is 0 Å². The van der Waals surface area contributed by atoms with Crippen molar-refractivity contribution in [3.8, 4) is 0 Å². The molecular formula is C32H49N2+. The monoisotopic (exact) mass is 461 g/mol. The molecule has 34 heavy (non-hydrogen) atoms. The van der Waals surface area contributed by atoms with Crippen LogP contribution in [-0.4, -0.2) is 42.1 Å². The summed E-state index contributed by atoms with van der Waals surface area (Å²) in [4.78, 5) is 2.73. The zero-order valence-electron chi connectivity index (χ0n) is 21.8. The first kappa shape index (κ1) is 25.5. The fourth-order valence-corrected chi connectivity index (χ4v) is 6.78. The summed E-state index contributed by atoms with van der Waals surface area (Å²) in [6.07, 6.45) is 14.2. The van der Waals surface area contributed by atoms with Crippen LogP contribution in [0.15, 0.2) is 60.7 Å². The lowest BCUT2D eigenvalue weighted by molar-refractivity contribution is -0.932. The number of quaternary nitrogens is 1. The molecule has 4 rings (SSSR count). The first-order chi connectivity index (χ1) is 16.8. The van der Waals surface area contributed by atoms with Crippen molar-refractivity contribution in [2.75, 3.05) is 32.7 Å². The van der Waals surface area contributed by atoms with E-state index < -0.39 is 0 Å². The highest BCUT2D eigenvalue weighted by Gasteiger charge is 2.46. The summed E-state index contributed by atoms with van der Waals surface area (Å²) in [5.41, 5.74) is 3.01. The van der Waals surface area contributed by atoms with Gasteiger partial charge in [0.15, 0.2) is 0 Å². The van der Waals surface area contributed by atoms with Gasteiger partial charge in [-0.2, -0.15) is 0 Å². The summed E-state index contributed by atoms with van der Waals surface area (Å²) >= 11 is 0. The van der Waals surface area contributed by atoms with E-state index in [1.54, 1.807) is 5.56 Å². The molecule has 2 nitrogen and oxygen atoms in total. The Bertz CT molecular complexity index is 804. The largest absolute Gasteiger partial charge is 0.319 e. The summed E-state index contributed by atoms with van der Waals surface area (Å²) in [7, 11) is 0. The number of benzene rings is 2. The van der Waals surface area contributed by atoms with Crippen molar-refractivity contribution in [3.05, 3.63) is 71.8 Å². The number of hydrogen-bond acceptors (Lipinski definition) is 1. The molecule has 2 heteroatoms. The lowest BCUT2D eigenvalue weighted by Gasteiger charge is -2.35. The van der Waals surface area contributed by atoms with E-state index >= 15 is 0 Å². The van der Waals surface area contributed by atoms with Gasteiger partial charge in [0, 0.05) is 30.5 Å². The maximum absolute atomic E-state index is 2.73. The number of rotatable bonds is 14. The summed E-state index contributed by atoms with van der Waals surface area (Å²) in [5.74, 6) is 1.80. The van der Waals surface area contributed by atoms with Crippen LogP contribution < -0.4 is 0 Å². The fraction of sp³-hybridized carbons (Fsp3) is 0.625. The highest BCUT2D eigenvalue weighted by Crippen LogP contribution is 2.38. The standard InChI is InChI=1S/C32H49N2/c1-2-3-4-5-6-7-8-9-16-23-34(26-30-19-14-11-15-20-30)27-31-21-22-33(25-32(31)28-34)24-29-17-12-10-13-18-29/h10-15,17-20,31-32H,2-9,16,21-28H2,1H3/q+1/t31-,32+,34?/m0/s1. The molecule has 2 aliphatic heterocycles. The van der Waals surface area contributed by atoms with Crippen molar-refractivity contribution in [1.29, 1.82) is 0 Å². The van der Waals surface area contributed by atoms with Crippen molar-refractivity contribution in [2.45, 2.75) is 84.2 Å². The minimum atomic E-state index is 0.875. The average molecular weight is 462 g/mol. The van der Waals surface area contributed by atoms with E-state index in [9.17, 15) is 0 Å². The smallest absolute Gasteiger partial charge is 0.104 e. The third-order valence-electron chi connectivity index (χ3n) is 8.56. The van der Waals surface area contributed by atoms with Crippen molar-refractivity contribution >= 4 is 0 Å². The Hall–Kier alpha value is -1.64. The molecule has 1 unspecified atom stereocenters. The molecule has 0 bridgehead atoms. The molecule has 0 spiro atoms. The molecule has 0 aliphatic carbocycles. The van der Waals surface area contributed by atoms with Gasteiger partial charge in [0.2, 0.25) is 0 Å². The number of hydrogen-bond donors (Lipinski definition) is 0. The summed E-state index contributed by atoms with van der Waals surface area (Å²) in [6.45, 7) is 11.4. The van der Waals surface area contributed by atoms with Gasteiger partial charge in [-0.3, -0.25) is 4.90 Å². The zero-order valence-corrected chi connectivity index (χ0v) is 21.8. The Balaban J connectivity index is 1.29. The Morgan fingerprint density at radius 1 is 0.706 bits per heavy atom. The van der Waals surface area contributed by atoms with Crippen LogP contribution in [0, 0.1) is 11.8 Å². The number of likely N-dealkylation sites (tertiary alicyclic amines) is 2. The van der Waals surface area contributed by atoms with Gasteiger partial charge >= 0.3 is 0 Å². The normalized spacial score (nSPS) is 24.9. The number of unbranched alkanes of at least 4 members (excludes halogenated alkanes) is 8. The molecule has 2 heterocycles. The quantitative estimate of drug-likeness (QED) is 0.206. The van der Waals surface area contributed by atoms with Gasteiger partial charge in [0.1, 0.15) is 6.54 Å². The van der Waals surface area contributed by atoms with E-state index in [4.69, 9.17) is 0 Å². The van der Waals surface area contributed by atoms with Gasteiger partial charge in [0.05, 0.1) is 19.6 Å². The molecule has 2 saturated heterocycles. The SMILES string of the molecule is CCCCCCCCCCC[N+]1(Cc2ccccc2)C[C@H]2CN(Cc3ccccc3)CC[C@H]2C1. The van der Waals surface area contributed by atoms with Crippen LogP contribution in [0.2, 0.25) is 0 Å². The molecule has 2 aromatic rings. The van der Waals surface area contributed by atoms with E-state index in [2.05, 4.69) is 72.5 Å². The summed E-state index contributed by atoms with van der Waals surface area (Å²) < 4.78 is 1.34. The molecule has 3 atom stereocenters. The maximum atomic E-state index is 2.73. The number of nitrogens with zero attached hydrogens (tertiary/aromatic N) is 2. The number of fused-ring (bicyclic) bond motifs is 1. The van der Waals surface area contributed by atoms with E-state index in [1.165, 1.54) is 114 Å². The van der Waals surface area contributed by atoms with E-state index in [1.807, 2.05) is 0 Å². The Kier molecular flexibility index (Phi) is 10.1. The van der Waals surface area contributed by atoms with Gasteiger partial charge in [-0.05, 0) is 31.4 Å².